The minimum atomic E-state index is -0.0300. The Morgan fingerprint density at radius 3 is 2.33 bits per heavy atom. The minimum absolute atomic E-state index is 0.0300. The summed E-state index contributed by atoms with van der Waals surface area (Å²) in [6.07, 6.45) is 2.93. The first-order valence-corrected chi connectivity index (χ1v) is 7.74. The molecule has 0 fully saturated rings. The molecule has 0 amide bonds. The molecular formula is C18H27N3. The van der Waals surface area contributed by atoms with Crippen molar-refractivity contribution in [2.45, 2.75) is 52.5 Å². The number of nitrogens with zero attached hydrogens (tertiary/aromatic N) is 1. The molecule has 0 saturated heterocycles. The Kier molecular flexibility index (Phi) is 4.52. The summed E-state index contributed by atoms with van der Waals surface area (Å²) in [4.78, 5) is 7.82. The van der Waals surface area contributed by atoms with Crippen LogP contribution >= 0.6 is 0 Å². The van der Waals surface area contributed by atoms with Gasteiger partial charge < -0.3 is 10.7 Å². The van der Waals surface area contributed by atoms with E-state index in [-0.39, 0.29) is 11.5 Å². The third-order valence-corrected chi connectivity index (χ3v) is 4.23. The lowest BCUT2D eigenvalue weighted by Crippen LogP contribution is -2.19. The van der Waals surface area contributed by atoms with E-state index in [0.717, 1.165) is 23.5 Å². The molecule has 0 aliphatic carbocycles. The van der Waals surface area contributed by atoms with Crippen molar-refractivity contribution in [1.29, 1.82) is 0 Å². The van der Waals surface area contributed by atoms with Gasteiger partial charge in [-0.25, -0.2) is 4.98 Å². The summed E-state index contributed by atoms with van der Waals surface area (Å²) in [6.45, 7) is 11.0. The maximum absolute atomic E-state index is 6.23. The number of nitrogens with one attached hydrogen (secondary N) is 1. The number of H-pyrrole nitrogens is 1. The molecule has 3 heteroatoms. The van der Waals surface area contributed by atoms with Gasteiger partial charge in [0.25, 0.3) is 0 Å². The predicted octanol–water partition coefficient (Wildman–Crippen LogP) is 4.42. The number of benzene rings is 1. The maximum atomic E-state index is 6.23. The normalized spacial score (nSPS) is 15.0. The van der Waals surface area contributed by atoms with Crippen LogP contribution in [-0.2, 0) is 5.41 Å². The van der Waals surface area contributed by atoms with Crippen molar-refractivity contribution in [3.8, 4) is 11.3 Å². The lowest BCUT2D eigenvalue weighted by Gasteiger charge is -2.19. The minimum Gasteiger partial charge on any atom is -0.341 e. The number of hydrogen-bond donors (Lipinski definition) is 2. The van der Waals surface area contributed by atoms with Gasteiger partial charge in [-0.3, -0.25) is 0 Å². The van der Waals surface area contributed by atoms with E-state index >= 15 is 0 Å². The van der Waals surface area contributed by atoms with Crippen molar-refractivity contribution in [1.82, 2.24) is 9.97 Å². The summed E-state index contributed by atoms with van der Waals surface area (Å²) in [5.74, 6) is 1.30. The van der Waals surface area contributed by atoms with E-state index in [1.165, 1.54) is 5.56 Å². The first kappa shape index (κ1) is 15.8. The Morgan fingerprint density at radius 2 is 1.81 bits per heavy atom. The summed E-state index contributed by atoms with van der Waals surface area (Å²) in [5, 5.41) is 0. The smallest absolute Gasteiger partial charge is 0.123 e. The summed E-state index contributed by atoms with van der Waals surface area (Å²) < 4.78 is 0. The predicted molar refractivity (Wildman–Crippen MR) is 89.1 cm³/mol. The molecule has 114 valence electrons. The third-order valence-electron chi connectivity index (χ3n) is 4.23. The molecule has 1 aromatic carbocycles. The van der Waals surface area contributed by atoms with Crippen LogP contribution in [0.5, 0.6) is 0 Å². The monoisotopic (exact) mass is 285 g/mol. The van der Waals surface area contributed by atoms with E-state index in [4.69, 9.17) is 5.73 Å². The molecule has 1 aromatic heterocycles. The third kappa shape index (κ3) is 3.53. The Labute approximate surface area is 128 Å². The second-order valence-corrected chi connectivity index (χ2v) is 6.92. The van der Waals surface area contributed by atoms with Crippen LogP contribution in [0.25, 0.3) is 11.3 Å². The van der Waals surface area contributed by atoms with Gasteiger partial charge in [-0.1, -0.05) is 65.3 Å². The van der Waals surface area contributed by atoms with E-state index < -0.39 is 0 Å². The Balaban J connectivity index is 2.22. The first-order chi connectivity index (χ1) is 9.82. The molecule has 0 radical (unpaired) electrons. The van der Waals surface area contributed by atoms with E-state index in [0.29, 0.717) is 5.92 Å². The van der Waals surface area contributed by atoms with Crippen molar-refractivity contribution in [2.75, 3.05) is 0 Å². The summed E-state index contributed by atoms with van der Waals surface area (Å²) in [5.41, 5.74) is 9.92. The van der Waals surface area contributed by atoms with Crippen molar-refractivity contribution in [2.24, 2.45) is 11.7 Å². The molecule has 3 nitrogen and oxygen atoms in total. The fourth-order valence-corrected chi connectivity index (χ4v) is 2.33. The van der Waals surface area contributed by atoms with Crippen LogP contribution in [0.4, 0.5) is 0 Å². The first-order valence-electron chi connectivity index (χ1n) is 7.74. The van der Waals surface area contributed by atoms with Gasteiger partial charge in [-0.05, 0) is 22.5 Å². The van der Waals surface area contributed by atoms with Gasteiger partial charge in [0.2, 0.25) is 0 Å². The largest absolute Gasteiger partial charge is 0.341 e. The highest BCUT2D eigenvalue weighted by Gasteiger charge is 2.17. The number of hydrogen-bond acceptors (Lipinski definition) is 2. The summed E-state index contributed by atoms with van der Waals surface area (Å²) in [6, 6.07) is 8.63. The lowest BCUT2D eigenvalue weighted by molar-refractivity contribution is 0.441. The molecule has 1 heterocycles. The zero-order chi connectivity index (χ0) is 15.6. The quantitative estimate of drug-likeness (QED) is 0.873. The average Bonchev–Trinajstić information content (AvgIpc) is 2.94. The molecule has 0 saturated carbocycles. The highest BCUT2D eigenvalue weighted by molar-refractivity contribution is 5.59. The fourth-order valence-electron chi connectivity index (χ4n) is 2.33. The van der Waals surface area contributed by atoms with Crippen LogP contribution in [-0.4, -0.2) is 9.97 Å². The molecule has 3 N–H and O–H groups in total. The van der Waals surface area contributed by atoms with E-state index in [1.54, 1.807) is 0 Å². The molecule has 2 unspecified atom stereocenters. The standard InChI is InChI=1S/C18H27N3/c1-6-12(2)16(19)17-20-11-15(21-17)13-7-9-14(10-8-13)18(3,4)5/h7-12,16H,6,19H2,1-5H3,(H,20,21). The lowest BCUT2D eigenvalue weighted by atomic mass is 9.86. The Hall–Kier alpha value is -1.61. The van der Waals surface area contributed by atoms with Crippen molar-refractivity contribution >= 4 is 0 Å². The van der Waals surface area contributed by atoms with E-state index in [9.17, 15) is 0 Å². The topological polar surface area (TPSA) is 54.7 Å². The summed E-state index contributed by atoms with van der Waals surface area (Å²) in [7, 11) is 0. The molecule has 2 aromatic rings. The number of rotatable bonds is 4. The van der Waals surface area contributed by atoms with Gasteiger partial charge in [-0.15, -0.1) is 0 Å². The second-order valence-electron chi connectivity index (χ2n) is 6.92. The molecule has 0 aliphatic heterocycles. The van der Waals surface area contributed by atoms with Crippen LogP contribution in [0.1, 0.15) is 58.5 Å². The number of imidazole rings is 1. The Bertz CT molecular complexity index is 575. The van der Waals surface area contributed by atoms with E-state index in [2.05, 4.69) is 68.9 Å². The van der Waals surface area contributed by atoms with Crippen LogP contribution in [0, 0.1) is 5.92 Å². The molecule has 21 heavy (non-hydrogen) atoms. The van der Waals surface area contributed by atoms with Gasteiger partial charge in [0.05, 0.1) is 17.9 Å². The van der Waals surface area contributed by atoms with Crippen molar-refractivity contribution < 1.29 is 0 Å². The van der Waals surface area contributed by atoms with Crippen LogP contribution < -0.4 is 5.73 Å². The fraction of sp³-hybridized carbons (Fsp3) is 0.500. The highest BCUT2D eigenvalue weighted by Crippen LogP contribution is 2.26. The van der Waals surface area contributed by atoms with Crippen LogP contribution in [0.3, 0.4) is 0 Å². The van der Waals surface area contributed by atoms with Crippen molar-refractivity contribution in [3.05, 3.63) is 41.9 Å². The maximum Gasteiger partial charge on any atom is 0.123 e. The molecule has 2 rings (SSSR count). The SMILES string of the molecule is CCC(C)C(N)c1ncc(-c2ccc(C(C)(C)C)cc2)[nH]1. The van der Waals surface area contributed by atoms with Crippen molar-refractivity contribution in [3.63, 3.8) is 0 Å². The molecule has 2 atom stereocenters. The van der Waals surface area contributed by atoms with Gasteiger partial charge in [-0.2, -0.15) is 0 Å². The van der Waals surface area contributed by atoms with Gasteiger partial charge in [0.1, 0.15) is 5.82 Å². The van der Waals surface area contributed by atoms with Crippen LogP contribution in [0.15, 0.2) is 30.5 Å². The number of nitrogens with two attached hydrogens (primary N) is 1. The molecule has 0 spiro atoms. The molecule has 0 aliphatic rings. The molecular weight excluding hydrogens is 258 g/mol. The summed E-state index contributed by atoms with van der Waals surface area (Å²) >= 11 is 0. The second kappa shape index (κ2) is 6.02. The number of aromatic amines is 1. The Morgan fingerprint density at radius 1 is 1.19 bits per heavy atom. The van der Waals surface area contributed by atoms with Gasteiger partial charge in [0.15, 0.2) is 0 Å². The van der Waals surface area contributed by atoms with Gasteiger partial charge in [0, 0.05) is 0 Å². The highest BCUT2D eigenvalue weighted by atomic mass is 15.0. The average molecular weight is 285 g/mol. The van der Waals surface area contributed by atoms with Crippen LogP contribution in [0.2, 0.25) is 0 Å². The molecule has 0 bridgehead atoms. The van der Waals surface area contributed by atoms with Gasteiger partial charge >= 0.3 is 0 Å². The zero-order valence-corrected chi connectivity index (χ0v) is 13.8. The number of aromatic nitrogens is 2. The zero-order valence-electron chi connectivity index (χ0n) is 13.8. The van der Waals surface area contributed by atoms with E-state index in [1.807, 2.05) is 6.20 Å².